The van der Waals surface area contributed by atoms with Crippen LogP contribution in [0.25, 0.3) is 0 Å². The Kier molecular flexibility index (Phi) is 3.10. The number of rotatable bonds is 3. The third-order valence-corrected chi connectivity index (χ3v) is 2.90. The van der Waals surface area contributed by atoms with E-state index in [4.69, 9.17) is 4.74 Å². The van der Waals surface area contributed by atoms with Gasteiger partial charge in [0, 0.05) is 24.9 Å². The van der Waals surface area contributed by atoms with E-state index in [0.29, 0.717) is 0 Å². The van der Waals surface area contributed by atoms with Gasteiger partial charge in [-0.3, -0.25) is 0 Å². The van der Waals surface area contributed by atoms with Crippen LogP contribution in [0.1, 0.15) is 38.2 Å². The van der Waals surface area contributed by atoms with E-state index in [9.17, 15) is 0 Å². The van der Waals surface area contributed by atoms with E-state index in [0.717, 1.165) is 43.3 Å². The van der Waals surface area contributed by atoms with Crippen molar-refractivity contribution >= 4 is 5.82 Å². The molecule has 4 heteroatoms. The lowest BCUT2D eigenvalue weighted by atomic mass is 10.0. The lowest BCUT2D eigenvalue weighted by Crippen LogP contribution is -2.24. The molecule has 1 aliphatic heterocycles. The second-order valence-electron chi connectivity index (χ2n) is 4.43. The predicted molar refractivity (Wildman–Crippen MR) is 63.5 cm³/mol. The monoisotopic (exact) mass is 221 g/mol. The molecule has 0 bridgehead atoms. The summed E-state index contributed by atoms with van der Waals surface area (Å²) < 4.78 is 5.76. The minimum atomic E-state index is -0.295. The van der Waals surface area contributed by atoms with Crippen LogP contribution in [-0.2, 0) is 10.3 Å². The molecule has 1 atom stereocenters. The summed E-state index contributed by atoms with van der Waals surface area (Å²) in [6.07, 6.45) is 2.09. The molecule has 0 saturated carbocycles. The molecule has 2 heterocycles. The van der Waals surface area contributed by atoms with Gasteiger partial charge in [-0.05, 0) is 33.6 Å². The first-order chi connectivity index (χ1) is 7.64. The summed E-state index contributed by atoms with van der Waals surface area (Å²) in [7, 11) is 0. The Morgan fingerprint density at radius 1 is 1.50 bits per heavy atom. The van der Waals surface area contributed by atoms with Crippen LogP contribution in [0.2, 0.25) is 0 Å². The fourth-order valence-electron chi connectivity index (χ4n) is 2.03. The molecule has 0 aromatic carbocycles. The smallest absolute Gasteiger partial charge is 0.162 e. The zero-order valence-corrected chi connectivity index (χ0v) is 10.2. The average molecular weight is 221 g/mol. The molecule has 2 rings (SSSR count). The van der Waals surface area contributed by atoms with E-state index in [1.165, 1.54) is 0 Å². The Bertz CT molecular complexity index is 373. The van der Waals surface area contributed by atoms with Crippen molar-refractivity contribution in [3.05, 3.63) is 17.6 Å². The number of nitrogens with zero attached hydrogens (tertiary/aromatic N) is 2. The Morgan fingerprint density at radius 3 is 2.94 bits per heavy atom. The number of hydrogen-bond acceptors (Lipinski definition) is 4. The van der Waals surface area contributed by atoms with Gasteiger partial charge >= 0.3 is 0 Å². The maximum atomic E-state index is 5.76. The molecule has 1 aliphatic rings. The molecular formula is C12H19N3O. The fourth-order valence-corrected chi connectivity index (χ4v) is 2.03. The van der Waals surface area contributed by atoms with Gasteiger partial charge in [0.2, 0.25) is 0 Å². The van der Waals surface area contributed by atoms with Crippen LogP contribution in [0.4, 0.5) is 5.82 Å². The lowest BCUT2D eigenvalue weighted by molar-refractivity contribution is 0.00931. The molecular weight excluding hydrogens is 202 g/mol. The number of aryl methyl sites for hydroxylation is 1. The van der Waals surface area contributed by atoms with Gasteiger partial charge in [-0.15, -0.1) is 0 Å². The second-order valence-corrected chi connectivity index (χ2v) is 4.43. The molecule has 88 valence electrons. The minimum absolute atomic E-state index is 0.295. The van der Waals surface area contributed by atoms with Gasteiger partial charge in [-0.1, -0.05) is 0 Å². The average Bonchev–Trinajstić information content (AvgIpc) is 2.66. The van der Waals surface area contributed by atoms with Gasteiger partial charge in [0.15, 0.2) is 5.82 Å². The van der Waals surface area contributed by atoms with Crippen molar-refractivity contribution in [2.75, 3.05) is 18.5 Å². The van der Waals surface area contributed by atoms with E-state index in [1.807, 2.05) is 13.0 Å². The fraction of sp³-hybridized carbons (Fsp3) is 0.667. The normalized spacial score (nSPS) is 24.7. The van der Waals surface area contributed by atoms with Gasteiger partial charge in [-0.25, -0.2) is 9.97 Å². The Morgan fingerprint density at radius 2 is 2.31 bits per heavy atom. The number of anilines is 1. The highest BCUT2D eigenvalue weighted by Crippen LogP contribution is 2.33. The summed E-state index contributed by atoms with van der Waals surface area (Å²) in [5.41, 5.74) is 0.689. The van der Waals surface area contributed by atoms with E-state index >= 15 is 0 Å². The maximum Gasteiger partial charge on any atom is 0.162 e. The summed E-state index contributed by atoms with van der Waals surface area (Å²) in [4.78, 5) is 9.02. The largest absolute Gasteiger partial charge is 0.370 e. The molecule has 0 amide bonds. The van der Waals surface area contributed by atoms with Crippen LogP contribution in [0.5, 0.6) is 0 Å². The van der Waals surface area contributed by atoms with E-state index < -0.39 is 0 Å². The number of nitrogens with one attached hydrogen (secondary N) is 1. The lowest BCUT2D eigenvalue weighted by Gasteiger charge is -2.22. The molecule has 1 fully saturated rings. The third-order valence-electron chi connectivity index (χ3n) is 2.90. The predicted octanol–water partition coefficient (Wildman–Crippen LogP) is 2.24. The number of hydrogen-bond donors (Lipinski definition) is 1. The summed E-state index contributed by atoms with van der Waals surface area (Å²) >= 11 is 0. The quantitative estimate of drug-likeness (QED) is 0.850. The summed E-state index contributed by atoms with van der Waals surface area (Å²) in [5, 5.41) is 3.22. The van der Waals surface area contributed by atoms with Crippen LogP contribution in [0, 0.1) is 6.92 Å². The summed E-state index contributed by atoms with van der Waals surface area (Å²) in [5.74, 6) is 1.70. The highest BCUT2D eigenvalue weighted by atomic mass is 16.5. The first kappa shape index (κ1) is 11.3. The van der Waals surface area contributed by atoms with Gasteiger partial charge in [0.1, 0.15) is 11.4 Å². The van der Waals surface area contributed by atoms with Crippen molar-refractivity contribution in [2.24, 2.45) is 0 Å². The van der Waals surface area contributed by atoms with Crippen LogP contribution in [0.3, 0.4) is 0 Å². The van der Waals surface area contributed by atoms with Crippen molar-refractivity contribution in [3.63, 3.8) is 0 Å². The van der Waals surface area contributed by atoms with E-state index in [1.54, 1.807) is 0 Å². The van der Waals surface area contributed by atoms with Crippen LogP contribution in [0.15, 0.2) is 6.07 Å². The van der Waals surface area contributed by atoms with Crippen LogP contribution < -0.4 is 5.32 Å². The third kappa shape index (κ3) is 2.16. The zero-order chi connectivity index (χ0) is 11.6. The van der Waals surface area contributed by atoms with E-state index in [2.05, 4.69) is 29.1 Å². The zero-order valence-electron chi connectivity index (χ0n) is 10.2. The summed E-state index contributed by atoms with van der Waals surface area (Å²) in [6, 6.07) is 1.96. The second kappa shape index (κ2) is 4.37. The molecule has 1 aromatic rings. The van der Waals surface area contributed by atoms with Crippen molar-refractivity contribution in [2.45, 2.75) is 39.2 Å². The summed E-state index contributed by atoms with van der Waals surface area (Å²) in [6.45, 7) is 7.80. The first-order valence-corrected chi connectivity index (χ1v) is 5.88. The molecule has 1 unspecified atom stereocenters. The van der Waals surface area contributed by atoms with Gasteiger partial charge in [0.05, 0.1) is 0 Å². The van der Waals surface area contributed by atoms with Gasteiger partial charge in [0.25, 0.3) is 0 Å². The highest BCUT2D eigenvalue weighted by molar-refractivity contribution is 5.36. The minimum Gasteiger partial charge on any atom is -0.370 e. The molecule has 0 aliphatic carbocycles. The molecule has 1 saturated heterocycles. The van der Waals surface area contributed by atoms with Crippen molar-refractivity contribution < 1.29 is 4.74 Å². The Hall–Kier alpha value is -1.16. The molecule has 0 spiro atoms. The molecule has 16 heavy (non-hydrogen) atoms. The topological polar surface area (TPSA) is 47.0 Å². The Balaban J connectivity index is 2.32. The van der Waals surface area contributed by atoms with Gasteiger partial charge < -0.3 is 10.1 Å². The van der Waals surface area contributed by atoms with Crippen LogP contribution in [-0.4, -0.2) is 23.1 Å². The standard InChI is InChI=1S/C12H19N3O/c1-4-13-10-8-9(2)14-11(15-10)12(3)6-5-7-16-12/h8H,4-7H2,1-3H3,(H,13,14,15). The highest BCUT2D eigenvalue weighted by Gasteiger charge is 2.35. The van der Waals surface area contributed by atoms with Crippen LogP contribution >= 0.6 is 0 Å². The number of ether oxygens (including phenoxy) is 1. The van der Waals surface area contributed by atoms with Crippen molar-refractivity contribution in [1.29, 1.82) is 0 Å². The van der Waals surface area contributed by atoms with Crippen molar-refractivity contribution in [3.8, 4) is 0 Å². The molecule has 1 N–H and O–H groups in total. The molecule has 1 aromatic heterocycles. The van der Waals surface area contributed by atoms with Gasteiger partial charge in [-0.2, -0.15) is 0 Å². The van der Waals surface area contributed by atoms with Crippen molar-refractivity contribution in [1.82, 2.24) is 9.97 Å². The maximum absolute atomic E-state index is 5.76. The molecule has 4 nitrogen and oxygen atoms in total. The molecule has 0 radical (unpaired) electrons. The first-order valence-electron chi connectivity index (χ1n) is 5.88. The van der Waals surface area contributed by atoms with E-state index in [-0.39, 0.29) is 5.60 Å². The SMILES string of the molecule is CCNc1cc(C)nc(C2(C)CCCO2)n1. The Labute approximate surface area is 96.4 Å². The number of aromatic nitrogens is 2.